The van der Waals surface area contributed by atoms with Gasteiger partial charge >= 0.3 is 12.1 Å². The van der Waals surface area contributed by atoms with Crippen molar-refractivity contribution < 1.29 is 66.3 Å². The SMILES string of the molecule is COc1ccccc1Oc1c(OCCOC(=O)Cc2ccc(CO[N+](=O)[O-])cc2)nc(-c2ncccn2)nc1N(C(C)OC(=O)OCCCCO[N+](=O)[O-])S(=O)(=O)c1ccc(C(C)(C)C)cc1. The molecule has 0 spiro atoms. The first-order chi connectivity index (χ1) is 32.0. The van der Waals surface area contributed by atoms with E-state index in [2.05, 4.69) is 29.6 Å². The zero-order valence-electron chi connectivity index (χ0n) is 37.0. The number of para-hydroxylation sites is 2. The molecule has 0 N–H and O–H groups in total. The number of ether oxygens (including phenoxy) is 6. The van der Waals surface area contributed by atoms with Crippen molar-refractivity contribution in [2.75, 3.05) is 37.8 Å². The smallest absolute Gasteiger partial charge is 0.493 e. The third-order valence-corrected chi connectivity index (χ3v) is 11.1. The highest BCUT2D eigenvalue weighted by Crippen LogP contribution is 2.44. The van der Waals surface area contributed by atoms with E-state index >= 15 is 8.42 Å². The maximum absolute atomic E-state index is 15.1. The molecule has 0 aliphatic heterocycles. The summed E-state index contributed by atoms with van der Waals surface area (Å²) in [5.74, 6) is -2.10. The molecule has 5 aromatic rings. The van der Waals surface area contributed by atoms with Crippen molar-refractivity contribution in [2.24, 2.45) is 0 Å². The van der Waals surface area contributed by atoms with E-state index in [0.717, 1.165) is 5.56 Å². The number of hydrogen-bond acceptors (Lipinski definition) is 20. The number of benzene rings is 3. The Morgan fingerprint density at radius 3 is 2.04 bits per heavy atom. The third kappa shape index (κ3) is 14.6. The lowest BCUT2D eigenvalue weighted by molar-refractivity contribution is -0.763. The highest BCUT2D eigenvalue weighted by Gasteiger charge is 2.39. The van der Waals surface area contributed by atoms with Crippen molar-refractivity contribution >= 4 is 28.0 Å². The van der Waals surface area contributed by atoms with Crippen LogP contribution in [-0.4, -0.2) is 90.4 Å². The van der Waals surface area contributed by atoms with Crippen LogP contribution >= 0.6 is 0 Å². The Bertz CT molecular complexity index is 2580. The summed E-state index contributed by atoms with van der Waals surface area (Å²) in [5.41, 5.74) is 1.52. The second-order valence-electron chi connectivity index (χ2n) is 15.0. The summed E-state index contributed by atoms with van der Waals surface area (Å²) in [4.78, 5) is 73.1. The molecular weight excluding hydrogens is 903 g/mol. The molecule has 2 heterocycles. The number of sulfonamides is 1. The predicted molar refractivity (Wildman–Crippen MR) is 233 cm³/mol. The average molecular weight is 950 g/mol. The van der Waals surface area contributed by atoms with Crippen LogP contribution in [0.5, 0.6) is 23.1 Å². The van der Waals surface area contributed by atoms with Crippen molar-refractivity contribution in [3.05, 3.63) is 128 Å². The summed E-state index contributed by atoms with van der Waals surface area (Å²) in [5, 5.41) is 19.2. The Labute approximate surface area is 384 Å². The monoisotopic (exact) mass is 949 g/mol. The van der Waals surface area contributed by atoms with Crippen LogP contribution in [0, 0.1) is 20.2 Å². The normalized spacial score (nSPS) is 11.7. The lowest BCUT2D eigenvalue weighted by Gasteiger charge is -2.30. The van der Waals surface area contributed by atoms with Crippen molar-refractivity contribution in [2.45, 2.75) is 70.1 Å². The van der Waals surface area contributed by atoms with Gasteiger partial charge in [0.25, 0.3) is 26.1 Å². The molecule has 0 saturated carbocycles. The molecule has 0 bridgehead atoms. The van der Waals surface area contributed by atoms with Crippen molar-refractivity contribution in [3.63, 3.8) is 0 Å². The minimum atomic E-state index is -4.81. The number of carbonyl (C=O) groups excluding carboxylic acids is 2. The molecule has 1 atom stereocenters. The van der Waals surface area contributed by atoms with Gasteiger partial charge < -0.3 is 38.1 Å². The lowest BCUT2D eigenvalue weighted by atomic mass is 9.87. The average Bonchev–Trinajstić information content (AvgIpc) is 3.29. The fourth-order valence-corrected chi connectivity index (χ4v) is 7.41. The summed E-state index contributed by atoms with van der Waals surface area (Å²) in [6, 6.07) is 20.3. The molecule has 24 heteroatoms. The van der Waals surface area contributed by atoms with E-state index in [4.69, 9.17) is 28.4 Å². The summed E-state index contributed by atoms with van der Waals surface area (Å²) >= 11 is 0. The number of rotatable bonds is 24. The van der Waals surface area contributed by atoms with Crippen LogP contribution in [0.15, 0.2) is 96.2 Å². The molecule has 3 aromatic carbocycles. The molecule has 67 heavy (non-hydrogen) atoms. The van der Waals surface area contributed by atoms with Gasteiger partial charge in [0.1, 0.15) is 19.8 Å². The first kappa shape index (κ1) is 50.1. The summed E-state index contributed by atoms with van der Waals surface area (Å²) in [6.45, 7) is 5.64. The van der Waals surface area contributed by atoms with Crippen molar-refractivity contribution in [1.29, 1.82) is 0 Å². The van der Waals surface area contributed by atoms with Crippen LogP contribution in [0.3, 0.4) is 0 Å². The largest absolute Gasteiger partial charge is 0.510 e. The number of hydrogen-bond donors (Lipinski definition) is 0. The number of nitrogens with zero attached hydrogens (tertiary/aromatic N) is 7. The molecule has 2 aromatic heterocycles. The van der Waals surface area contributed by atoms with Gasteiger partial charge in [-0.1, -0.05) is 69.3 Å². The van der Waals surface area contributed by atoms with E-state index < -0.39 is 56.0 Å². The van der Waals surface area contributed by atoms with Crippen LogP contribution in [0.25, 0.3) is 11.6 Å². The number of unbranched alkanes of at least 4 members (excludes halogenated alkanes) is 1. The Kier molecular flexibility index (Phi) is 17.5. The zero-order valence-corrected chi connectivity index (χ0v) is 37.8. The van der Waals surface area contributed by atoms with Gasteiger partial charge in [-0.15, -0.1) is 20.2 Å². The van der Waals surface area contributed by atoms with Gasteiger partial charge in [-0.25, -0.2) is 32.5 Å². The molecule has 1 unspecified atom stereocenters. The number of esters is 1. The molecule has 23 nitrogen and oxygen atoms in total. The topological polar surface area (TPSA) is 283 Å². The zero-order chi connectivity index (χ0) is 48.6. The Hall–Kier alpha value is -7.89. The molecule has 0 amide bonds. The van der Waals surface area contributed by atoms with E-state index in [9.17, 15) is 29.8 Å². The van der Waals surface area contributed by atoms with Gasteiger partial charge in [0.05, 0.1) is 31.6 Å². The van der Waals surface area contributed by atoms with Gasteiger partial charge in [-0.2, -0.15) is 4.98 Å². The Morgan fingerprint density at radius 2 is 1.40 bits per heavy atom. The first-order valence-electron chi connectivity index (χ1n) is 20.4. The van der Waals surface area contributed by atoms with Gasteiger partial charge in [0.2, 0.25) is 11.6 Å². The number of anilines is 1. The minimum Gasteiger partial charge on any atom is -0.493 e. The van der Waals surface area contributed by atoms with E-state index in [-0.39, 0.29) is 85.8 Å². The third-order valence-electron chi connectivity index (χ3n) is 9.19. The van der Waals surface area contributed by atoms with E-state index in [0.29, 0.717) is 15.4 Å². The standard InChI is InChI=1S/C43H47N7O16S/c1-29(65-42(52)62-23-8-9-24-63-49(53)54)48(67(57,58)33-19-17-32(18-20-33)43(2,3)4)40-37(66-35-12-7-6-11-34(35)59-5)41(47-39(46-40)38-44-21-10-22-45-38)61-26-25-60-36(51)27-30-13-15-31(16-14-30)28-64-50(55)56/h6-7,10-22,29H,8-9,23-28H2,1-5H3. The molecule has 5 rings (SSSR count). The molecule has 0 saturated heterocycles. The summed E-state index contributed by atoms with van der Waals surface area (Å²) < 4.78 is 65.1. The molecular formula is C43H47N7O16S. The summed E-state index contributed by atoms with van der Waals surface area (Å²) in [7, 11) is -3.42. The van der Waals surface area contributed by atoms with Crippen LogP contribution in [0.4, 0.5) is 10.6 Å². The van der Waals surface area contributed by atoms with Gasteiger partial charge in [0, 0.05) is 12.4 Å². The highest BCUT2D eigenvalue weighted by atomic mass is 32.2. The van der Waals surface area contributed by atoms with Crippen molar-refractivity contribution in [3.8, 4) is 34.8 Å². The predicted octanol–water partition coefficient (Wildman–Crippen LogP) is 6.59. The van der Waals surface area contributed by atoms with Gasteiger partial charge in [-0.05, 0) is 72.2 Å². The molecule has 356 valence electrons. The van der Waals surface area contributed by atoms with Crippen LogP contribution in [-0.2, 0) is 57.1 Å². The van der Waals surface area contributed by atoms with E-state index in [1.165, 1.54) is 50.7 Å². The van der Waals surface area contributed by atoms with Crippen LogP contribution < -0.4 is 18.5 Å². The molecule has 0 aliphatic rings. The highest BCUT2D eigenvalue weighted by molar-refractivity contribution is 7.92. The lowest BCUT2D eigenvalue weighted by Crippen LogP contribution is -2.42. The van der Waals surface area contributed by atoms with Crippen LogP contribution in [0.1, 0.15) is 57.2 Å². The van der Waals surface area contributed by atoms with E-state index in [1.54, 1.807) is 54.6 Å². The number of carbonyl (C=O) groups is 2. The van der Waals surface area contributed by atoms with E-state index in [1.807, 2.05) is 20.8 Å². The fraction of sp³-hybridized carbons (Fsp3) is 0.349. The van der Waals surface area contributed by atoms with Gasteiger partial charge in [-0.3, -0.25) is 4.79 Å². The molecule has 0 radical (unpaired) electrons. The van der Waals surface area contributed by atoms with Gasteiger partial charge in [0.15, 0.2) is 29.4 Å². The maximum atomic E-state index is 15.1. The Balaban J connectivity index is 1.56. The first-order valence-corrected chi connectivity index (χ1v) is 21.8. The number of aromatic nitrogens is 4. The van der Waals surface area contributed by atoms with Crippen LogP contribution in [0.2, 0.25) is 0 Å². The molecule has 0 fully saturated rings. The molecule has 0 aliphatic carbocycles. The maximum Gasteiger partial charge on any atom is 0.510 e. The second-order valence-corrected chi connectivity index (χ2v) is 16.9. The Morgan fingerprint density at radius 1 is 0.761 bits per heavy atom. The number of methoxy groups -OCH3 is 1. The quantitative estimate of drug-likeness (QED) is 0.0207. The fourth-order valence-electron chi connectivity index (χ4n) is 5.92. The second kappa shape index (κ2) is 23.3. The minimum absolute atomic E-state index is 0.0479. The van der Waals surface area contributed by atoms with Crippen molar-refractivity contribution in [1.82, 2.24) is 19.9 Å². The summed E-state index contributed by atoms with van der Waals surface area (Å²) in [6.07, 6.45) is -0.103.